The van der Waals surface area contributed by atoms with Gasteiger partial charge in [0.25, 0.3) is 5.91 Å². The van der Waals surface area contributed by atoms with Crippen molar-refractivity contribution in [1.82, 2.24) is 9.78 Å². The molecule has 0 aliphatic carbocycles. The molecule has 0 aliphatic rings. The first-order valence-corrected chi connectivity index (χ1v) is 11.2. The van der Waals surface area contributed by atoms with Crippen LogP contribution in [-0.4, -0.2) is 48.2 Å². The van der Waals surface area contributed by atoms with Crippen LogP contribution >= 0.6 is 0 Å². The summed E-state index contributed by atoms with van der Waals surface area (Å²) in [6.07, 6.45) is 2.30. The van der Waals surface area contributed by atoms with Crippen LogP contribution in [0.5, 0.6) is 17.2 Å². The van der Waals surface area contributed by atoms with Gasteiger partial charge in [-0.15, -0.1) is 0 Å². The molecule has 9 nitrogen and oxygen atoms in total. The van der Waals surface area contributed by atoms with Gasteiger partial charge in [-0.05, 0) is 37.3 Å². The highest BCUT2D eigenvalue weighted by Gasteiger charge is 2.15. The van der Waals surface area contributed by atoms with Gasteiger partial charge in [0.1, 0.15) is 23.4 Å². The lowest BCUT2D eigenvalue weighted by Gasteiger charge is -2.15. The standard InChI is InChI=1S/C21H23N3O6S/c1-14(13-25)29-17-9-15(21(26)22-20-7-8-24(2)23-20)10-18(11-17)30-16-5-4-6-19(12-16)31(3,27)28/h4-12,14,25H,13H2,1-3H3,(H,22,23,26)/t14-/m0/s1. The molecule has 1 aromatic heterocycles. The molecule has 0 aliphatic heterocycles. The number of hydrogen-bond acceptors (Lipinski definition) is 7. The summed E-state index contributed by atoms with van der Waals surface area (Å²) >= 11 is 0. The summed E-state index contributed by atoms with van der Waals surface area (Å²) in [5.74, 6) is 0.803. The van der Waals surface area contributed by atoms with Crippen molar-refractivity contribution in [2.24, 2.45) is 7.05 Å². The molecule has 0 bridgehead atoms. The number of sulfone groups is 1. The molecule has 0 fully saturated rings. The predicted octanol–water partition coefficient (Wildman–Crippen LogP) is 2.63. The van der Waals surface area contributed by atoms with E-state index in [4.69, 9.17) is 9.47 Å². The number of aromatic nitrogens is 2. The average molecular weight is 445 g/mol. The summed E-state index contributed by atoms with van der Waals surface area (Å²) in [4.78, 5) is 12.8. The van der Waals surface area contributed by atoms with Crippen molar-refractivity contribution in [3.05, 3.63) is 60.3 Å². The second kappa shape index (κ2) is 9.19. The summed E-state index contributed by atoms with van der Waals surface area (Å²) in [5, 5.41) is 16.1. The molecule has 0 unspecified atom stereocenters. The maximum absolute atomic E-state index is 12.7. The summed E-state index contributed by atoms with van der Waals surface area (Å²) in [5.41, 5.74) is 0.238. The van der Waals surface area contributed by atoms with Crippen molar-refractivity contribution in [2.75, 3.05) is 18.2 Å². The number of aliphatic hydroxyl groups excluding tert-OH is 1. The van der Waals surface area contributed by atoms with Gasteiger partial charge in [0.15, 0.2) is 15.7 Å². The van der Waals surface area contributed by atoms with Crippen LogP contribution in [0, 0.1) is 0 Å². The van der Waals surface area contributed by atoms with Crippen molar-refractivity contribution in [1.29, 1.82) is 0 Å². The third kappa shape index (κ3) is 6.06. The molecular weight excluding hydrogens is 422 g/mol. The van der Waals surface area contributed by atoms with Gasteiger partial charge in [-0.2, -0.15) is 5.10 Å². The maximum Gasteiger partial charge on any atom is 0.257 e. The molecule has 2 aromatic carbocycles. The SMILES string of the molecule is C[C@@H](CO)Oc1cc(Oc2cccc(S(C)(=O)=O)c2)cc(C(=O)Nc2ccn(C)n2)c1. The number of aliphatic hydroxyl groups is 1. The van der Waals surface area contributed by atoms with Crippen LogP contribution in [-0.2, 0) is 16.9 Å². The summed E-state index contributed by atoms with van der Waals surface area (Å²) < 4.78 is 36.6. The Kier molecular flexibility index (Phi) is 6.62. The van der Waals surface area contributed by atoms with Gasteiger partial charge in [-0.3, -0.25) is 9.48 Å². The minimum Gasteiger partial charge on any atom is -0.488 e. The first-order chi connectivity index (χ1) is 14.6. The van der Waals surface area contributed by atoms with Crippen molar-refractivity contribution in [2.45, 2.75) is 17.9 Å². The Morgan fingerprint density at radius 2 is 1.90 bits per heavy atom. The molecule has 3 aromatic rings. The molecule has 1 amide bonds. The van der Waals surface area contributed by atoms with Gasteiger partial charge in [-0.25, -0.2) is 8.42 Å². The van der Waals surface area contributed by atoms with E-state index in [0.29, 0.717) is 11.6 Å². The second-order valence-corrected chi connectivity index (χ2v) is 9.00. The fraction of sp³-hybridized carbons (Fsp3) is 0.238. The Morgan fingerprint density at radius 3 is 2.55 bits per heavy atom. The molecule has 1 heterocycles. The highest BCUT2D eigenvalue weighted by atomic mass is 32.2. The lowest BCUT2D eigenvalue weighted by atomic mass is 10.2. The number of nitrogens with one attached hydrogen (secondary N) is 1. The van der Waals surface area contributed by atoms with E-state index in [0.717, 1.165) is 6.26 Å². The zero-order valence-electron chi connectivity index (χ0n) is 17.3. The fourth-order valence-corrected chi connectivity index (χ4v) is 3.33. The Hall–Kier alpha value is -3.37. The molecular formula is C21H23N3O6S. The molecule has 0 saturated carbocycles. The number of amides is 1. The van der Waals surface area contributed by atoms with Crippen LogP contribution < -0.4 is 14.8 Å². The van der Waals surface area contributed by atoms with Gasteiger partial charge >= 0.3 is 0 Å². The van der Waals surface area contributed by atoms with E-state index in [1.54, 1.807) is 49.1 Å². The number of rotatable bonds is 8. The van der Waals surface area contributed by atoms with E-state index in [9.17, 15) is 18.3 Å². The number of ether oxygens (including phenoxy) is 2. The van der Waals surface area contributed by atoms with Crippen LogP contribution in [0.15, 0.2) is 59.6 Å². The van der Waals surface area contributed by atoms with Crippen LogP contribution in [0.1, 0.15) is 17.3 Å². The van der Waals surface area contributed by atoms with Crippen LogP contribution in [0.25, 0.3) is 0 Å². The molecule has 164 valence electrons. The third-order valence-corrected chi connectivity index (χ3v) is 5.27. The van der Waals surface area contributed by atoms with Crippen molar-refractivity contribution < 1.29 is 27.8 Å². The minimum atomic E-state index is -3.40. The number of anilines is 1. The maximum atomic E-state index is 12.7. The van der Waals surface area contributed by atoms with Crippen molar-refractivity contribution >= 4 is 21.6 Å². The molecule has 10 heteroatoms. The number of aryl methyl sites for hydroxylation is 1. The highest BCUT2D eigenvalue weighted by molar-refractivity contribution is 7.90. The Bertz CT molecular complexity index is 1190. The summed E-state index contributed by atoms with van der Waals surface area (Å²) in [7, 11) is -1.67. The lowest BCUT2D eigenvalue weighted by Crippen LogP contribution is -2.17. The van der Waals surface area contributed by atoms with Gasteiger partial charge in [-0.1, -0.05) is 6.07 Å². The molecule has 1 atom stereocenters. The molecule has 0 radical (unpaired) electrons. The molecule has 3 rings (SSSR count). The largest absolute Gasteiger partial charge is 0.488 e. The van der Waals surface area contributed by atoms with Crippen LogP contribution in [0.3, 0.4) is 0 Å². The average Bonchev–Trinajstić information content (AvgIpc) is 3.11. The Balaban J connectivity index is 1.92. The minimum absolute atomic E-state index is 0.111. The summed E-state index contributed by atoms with van der Waals surface area (Å²) in [6.45, 7) is 1.47. The fourth-order valence-electron chi connectivity index (χ4n) is 2.67. The smallest absolute Gasteiger partial charge is 0.257 e. The van der Waals surface area contributed by atoms with E-state index in [2.05, 4.69) is 10.4 Å². The lowest BCUT2D eigenvalue weighted by molar-refractivity contribution is 0.102. The molecule has 0 spiro atoms. The first kappa shape index (κ1) is 22.3. The molecule has 2 N–H and O–H groups in total. The number of benzene rings is 2. The van der Waals surface area contributed by atoms with E-state index in [1.165, 1.54) is 24.3 Å². The highest BCUT2D eigenvalue weighted by Crippen LogP contribution is 2.29. The number of carbonyl (C=O) groups is 1. The first-order valence-electron chi connectivity index (χ1n) is 9.35. The monoisotopic (exact) mass is 445 g/mol. The number of nitrogens with zero attached hydrogens (tertiary/aromatic N) is 2. The zero-order chi connectivity index (χ0) is 22.6. The van der Waals surface area contributed by atoms with E-state index in [-0.39, 0.29) is 28.6 Å². The topological polar surface area (TPSA) is 120 Å². The quantitative estimate of drug-likeness (QED) is 0.547. The van der Waals surface area contributed by atoms with E-state index < -0.39 is 21.8 Å². The number of hydrogen-bond donors (Lipinski definition) is 2. The second-order valence-electron chi connectivity index (χ2n) is 6.98. The van der Waals surface area contributed by atoms with Crippen molar-refractivity contribution in [3.63, 3.8) is 0 Å². The Labute approximate surface area is 180 Å². The van der Waals surface area contributed by atoms with Crippen LogP contribution in [0.4, 0.5) is 5.82 Å². The van der Waals surface area contributed by atoms with E-state index >= 15 is 0 Å². The Morgan fingerprint density at radius 1 is 1.16 bits per heavy atom. The molecule has 31 heavy (non-hydrogen) atoms. The predicted molar refractivity (Wildman–Crippen MR) is 114 cm³/mol. The molecule has 0 saturated heterocycles. The van der Waals surface area contributed by atoms with E-state index in [1.807, 2.05) is 0 Å². The van der Waals surface area contributed by atoms with Crippen molar-refractivity contribution in [3.8, 4) is 17.2 Å². The van der Waals surface area contributed by atoms with Gasteiger partial charge in [0, 0.05) is 37.2 Å². The van der Waals surface area contributed by atoms with Crippen LogP contribution in [0.2, 0.25) is 0 Å². The van der Waals surface area contributed by atoms with Gasteiger partial charge in [0.2, 0.25) is 0 Å². The van der Waals surface area contributed by atoms with Gasteiger partial charge in [0.05, 0.1) is 11.5 Å². The van der Waals surface area contributed by atoms with Gasteiger partial charge < -0.3 is 19.9 Å². The normalized spacial score (nSPS) is 12.3. The number of carbonyl (C=O) groups excluding carboxylic acids is 1. The summed E-state index contributed by atoms with van der Waals surface area (Å²) in [6, 6.07) is 12.3. The zero-order valence-corrected chi connectivity index (χ0v) is 18.1. The third-order valence-electron chi connectivity index (χ3n) is 4.16.